The summed E-state index contributed by atoms with van der Waals surface area (Å²) in [6.07, 6.45) is 1.74. The van der Waals surface area contributed by atoms with Crippen molar-refractivity contribution >= 4 is 0 Å². The zero-order valence-electron chi connectivity index (χ0n) is 11.9. The van der Waals surface area contributed by atoms with Gasteiger partial charge in [-0.1, -0.05) is 23.4 Å². The summed E-state index contributed by atoms with van der Waals surface area (Å²) in [5.41, 5.74) is 8.11. The third-order valence-electron chi connectivity index (χ3n) is 3.81. The number of hydrogen-bond donors (Lipinski definition) is 1. The maximum Gasteiger partial charge on any atom is 0.0831 e. The van der Waals surface area contributed by atoms with Crippen molar-refractivity contribution in [3.05, 3.63) is 42.2 Å². The molecule has 1 heterocycles. The quantitative estimate of drug-likeness (QED) is 0.906. The summed E-state index contributed by atoms with van der Waals surface area (Å²) < 4.78 is 1.80. The highest BCUT2D eigenvalue weighted by molar-refractivity contribution is 5.32. The lowest BCUT2D eigenvalue weighted by atomic mass is 9.91. The molecule has 1 aromatic carbocycles. The summed E-state index contributed by atoms with van der Waals surface area (Å²) in [4.78, 5) is 2.11. The number of likely N-dealkylation sites (N-methyl/N-ethyl adjacent to an activating group) is 1. The Morgan fingerprint density at radius 2 is 1.84 bits per heavy atom. The number of nitrogens with two attached hydrogens (primary N) is 1. The van der Waals surface area contributed by atoms with E-state index in [0.29, 0.717) is 0 Å². The van der Waals surface area contributed by atoms with Gasteiger partial charge in [0.15, 0.2) is 0 Å². The van der Waals surface area contributed by atoms with Crippen LogP contribution in [0.25, 0.3) is 5.69 Å². The van der Waals surface area contributed by atoms with Gasteiger partial charge in [-0.15, -0.1) is 5.10 Å². The Bertz CT molecular complexity index is 530. The van der Waals surface area contributed by atoms with E-state index < -0.39 is 0 Å². The lowest BCUT2D eigenvalue weighted by Crippen LogP contribution is -2.48. The van der Waals surface area contributed by atoms with Crippen LogP contribution in [-0.2, 0) is 0 Å². The fraction of sp³-hybridized carbons (Fsp3) is 0.429. The van der Waals surface area contributed by atoms with Gasteiger partial charge in [-0.25, -0.2) is 4.68 Å². The molecule has 0 amide bonds. The Labute approximate surface area is 114 Å². The molecule has 0 spiro atoms. The molecule has 0 radical (unpaired) electrons. The van der Waals surface area contributed by atoms with E-state index in [1.165, 1.54) is 0 Å². The van der Waals surface area contributed by atoms with E-state index in [1.54, 1.807) is 10.9 Å². The molecule has 0 aliphatic carbocycles. The van der Waals surface area contributed by atoms with Crippen LogP contribution < -0.4 is 5.73 Å². The Hall–Kier alpha value is -1.72. The molecule has 0 saturated carbocycles. The van der Waals surface area contributed by atoms with Gasteiger partial charge in [0.25, 0.3) is 0 Å². The van der Waals surface area contributed by atoms with Crippen LogP contribution in [0.1, 0.15) is 25.6 Å². The van der Waals surface area contributed by atoms with Gasteiger partial charge in [0.1, 0.15) is 0 Å². The number of rotatable bonds is 4. The van der Waals surface area contributed by atoms with Gasteiger partial charge in [-0.05, 0) is 40.1 Å². The van der Waals surface area contributed by atoms with Gasteiger partial charge < -0.3 is 10.6 Å². The van der Waals surface area contributed by atoms with Crippen LogP contribution in [0.15, 0.2) is 36.5 Å². The Kier molecular flexibility index (Phi) is 3.68. The Morgan fingerprint density at radius 1 is 1.21 bits per heavy atom. The molecule has 2 rings (SSSR count). The predicted molar refractivity (Wildman–Crippen MR) is 76.1 cm³/mol. The highest BCUT2D eigenvalue weighted by atomic mass is 15.4. The van der Waals surface area contributed by atoms with Crippen molar-refractivity contribution < 1.29 is 0 Å². The zero-order valence-corrected chi connectivity index (χ0v) is 11.9. The van der Waals surface area contributed by atoms with Crippen LogP contribution in [0.5, 0.6) is 0 Å². The van der Waals surface area contributed by atoms with Crippen molar-refractivity contribution in [1.82, 2.24) is 19.9 Å². The van der Waals surface area contributed by atoms with E-state index in [0.717, 1.165) is 11.4 Å². The van der Waals surface area contributed by atoms with Crippen molar-refractivity contribution in [3.8, 4) is 5.69 Å². The Balaban J connectivity index is 2.41. The van der Waals surface area contributed by atoms with Crippen molar-refractivity contribution in [2.45, 2.75) is 25.4 Å². The molecule has 0 bridgehead atoms. The topological polar surface area (TPSA) is 60.0 Å². The minimum absolute atomic E-state index is 0.183. The number of aromatic nitrogens is 3. The minimum atomic E-state index is -0.186. The standard InChI is InChI=1S/C14H21N5/c1-14(2,18(3)4)13(15)12-10-16-17-19(12)11-8-6-5-7-9-11/h5-10,13H,15H2,1-4H3. The molecule has 0 saturated heterocycles. The van der Waals surface area contributed by atoms with Gasteiger partial charge in [0.2, 0.25) is 0 Å². The van der Waals surface area contributed by atoms with Gasteiger partial charge in [0, 0.05) is 5.54 Å². The van der Waals surface area contributed by atoms with Crippen LogP contribution >= 0.6 is 0 Å². The first-order valence-corrected chi connectivity index (χ1v) is 6.33. The maximum atomic E-state index is 6.41. The molecule has 5 nitrogen and oxygen atoms in total. The molecule has 1 unspecified atom stereocenters. The number of nitrogens with zero attached hydrogens (tertiary/aromatic N) is 4. The normalized spacial score (nSPS) is 13.8. The highest BCUT2D eigenvalue weighted by Gasteiger charge is 2.32. The molecule has 1 aromatic heterocycles. The van der Waals surface area contributed by atoms with E-state index in [1.807, 2.05) is 44.4 Å². The summed E-state index contributed by atoms with van der Waals surface area (Å²) in [5, 5.41) is 8.16. The van der Waals surface area contributed by atoms with E-state index in [-0.39, 0.29) is 11.6 Å². The lowest BCUT2D eigenvalue weighted by molar-refractivity contribution is 0.155. The van der Waals surface area contributed by atoms with Crippen LogP contribution in [0.3, 0.4) is 0 Å². The third kappa shape index (κ3) is 2.52. The second-order valence-corrected chi connectivity index (χ2v) is 5.43. The van der Waals surface area contributed by atoms with E-state index in [2.05, 4.69) is 29.1 Å². The summed E-state index contributed by atoms with van der Waals surface area (Å²) in [5.74, 6) is 0. The van der Waals surface area contributed by atoms with Crippen molar-refractivity contribution in [2.75, 3.05) is 14.1 Å². The summed E-state index contributed by atoms with van der Waals surface area (Å²) in [6.45, 7) is 4.22. The van der Waals surface area contributed by atoms with Crippen LogP contribution in [0, 0.1) is 0 Å². The van der Waals surface area contributed by atoms with Crippen molar-refractivity contribution in [3.63, 3.8) is 0 Å². The second kappa shape index (κ2) is 5.11. The maximum absolute atomic E-state index is 6.41. The monoisotopic (exact) mass is 259 g/mol. The molecule has 0 aliphatic heterocycles. The smallest absolute Gasteiger partial charge is 0.0831 e. The van der Waals surface area contributed by atoms with Crippen molar-refractivity contribution in [2.24, 2.45) is 5.73 Å². The lowest BCUT2D eigenvalue weighted by Gasteiger charge is -2.37. The fourth-order valence-electron chi connectivity index (χ4n) is 1.86. The SMILES string of the molecule is CN(C)C(C)(C)C(N)c1cnnn1-c1ccccc1. The average molecular weight is 259 g/mol. The number of benzene rings is 1. The molecule has 5 heteroatoms. The number of hydrogen-bond acceptors (Lipinski definition) is 4. The second-order valence-electron chi connectivity index (χ2n) is 5.43. The van der Waals surface area contributed by atoms with Crippen LogP contribution in [0.2, 0.25) is 0 Å². The van der Waals surface area contributed by atoms with Gasteiger partial charge in [0.05, 0.1) is 23.6 Å². The summed E-state index contributed by atoms with van der Waals surface area (Å²) in [7, 11) is 4.05. The first-order chi connectivity index (χ1) is 8.94. The molecule has 102 valence electrons. The molecule has 2 N–H and O–H groups in total. The van der Waals surface area contributed by atoms with Crippen LogP contribution in [-0.4, -0.2) is 39.5 Å². The fourth-order valence-corrected chi connectivity index (χ4v) is 1.86. The molecule has 0 fully saturated rings. The third-order valence-corrected chi connectivity index (χ3v) is 3.81. The predicted octanol–water partition coefficient (Wildman–Crippen LogP) is 1.61. The van der Waals surface area contributed by atoms with E-state index in [9.17, 15) is 0 Å². The molecule has 2 aromatic rings. The Morgan fingerprint density at radius 3 is 2.42 bits per heavy atom. The summed E-state index contributed by atoms with van der Waals surface area (Å²) in [6, 6.07) is 9.73. The van der Waals surface area contributed by atoms with Gasteiger partial charge >= 0.3 is 0 Å². The minimum Gasteiger partial charge on any atom is -0.321 e. The molecular weight excluding hydrogens is 238 g/mol. The largest absolute Gasteiger partial charge is 0.321 e. The first kappa shape index (κ1) is 13.7. The number of para-hydroxylation sites is 1. The van der Waals surface area contributed by atoms with Gasteiger partial charge in [-0.3, -0.25) is 0 Å². The molecule has 1 atom stereocenters. The highest BCUT2D eigenvalue weighted by Crippen LogP contribution is 2.27. The van der Waals surface area contributed by atoms with Crippen LogP contribution in [0.4, 0.5) is 0 Å². The van der Waals surface area contributed by atoms with E-state index >= 15 is 0 Å². The molecular formula is C14H21N5. The molecule has 0 aliphatic rings. The van der Waals surface area contributed by atoms with Crippen molar-refractivity contribution in [1.29, 1.82) is 0 Å². The van der Waals surface area contributed by atoms with E-state index in [4.69, 9.17) is 5.73 Å². The average Bonchev–Trinajstić information content (AvgIpc) is 2.87. The first-order valence-electron chi connectivity index (χ1n) is 6.33. The van der Waals surface area contributed by atoms with Gasteiger partial charge in [-0.2, -0.15) is 0 Å². The zero-order chi connectivity index (χ0) is 14.0. The molecule has 19 heavy (non-hydrogen) atoms. The summed E-state index contributed by atoms with van der Waals surface area (Å²) >= 11 is 0.